The SMILES string of the molecule is COC(C)(C)C1SCCCS1=O. The van der Waals surface area contributed by atoms with Crippen LogP contribution in [0.5, 0.6) is 0 Å². The molecule has 0 radical (unpaired) electrons. The molecule has 1 fully saturated rings. The second-order valence-corrected chi connectivity index (χ2v) is 6.60. The molecule has 2 atom stereocenters. The molecule has 12 heavy (non-hydrogen) atoms. The molecule has 0 aliphatic carbocycles. The zero-order valence-corrected chi connectivity index (χ0v) is 9.46. The lowest BCUT2D eigenvalue weighted by Crippen LogP contribution is -2.41. The Kier molecular flexibility index (Phi) is 3.61. The monoisotopic (exact) mass is 208 g/mol. The van der Waals surface area contributed by atoms with Crippen LogP contribution in [0.4, 0.5) is 0 Å². The van der Waals surface area contributed by atoms with Crippen LogP contribution in [0.2, 0.25) is 0 Å². The first-order valence-electron chi connectivity index (χ1n) is 4.12. The Morgan fingerprint density at radius 2 is 2.25 bits per heavy atom. The largest absolute Gasteiger partial charge is 0.377 e. The summed E-state index contributed by atoms with van der Waals surface area (Å²) in [6.07, 6.45) is 1.08. The minimum Gasteiger partial charge on any atom is -0.377 e. The topological polar surface area (TPSA) is 26.3 Å². The molecule has 1 rings (SSSR count). The van der Waals surface area contributed by atoms with Gasteiger partial charge >= 0.3 is 0 Å². The number of methoxy groups -OCH3 is 1. The van der Waals surface area contributed by atoms with Crippen LogP contribution in [-0.4, -0.2) is 33.0 Å². The molecule has 1 heterocycles. The molecule has 1 saturated heterocycles. The van der Waals surface area contributed by atoms with E-state index in [0.29, 0.717) is 0 Å². The summed E-state index contributed by atoms with van der Waals surface area (Å²) in [6.45, 7) is 4.02. The van der Waals surface area contributed by atoms with E-state index in [2.05, 4.69) is 0 Å². The average Bonchev–Trinajstić information content (AvgIpc) is 2.05. The van der Waals surface area contributed by atoms with Crippen molar-refractivity contribution < 1.29 is 8.95 Å². The van der Waals surface area contributed by atoms with Gasteiger partial charge in [-0.3, -0.25) is 4.21 Å². The Morgan fingerprint density at radius 1 is 1.58 bits per heavy atom. The van der Waals surface area contributed by atoms with Gasteiger partial charge in [0.2, 0.25) is 0 Å². The third kappa shape index (κ3) is 2.24. The van der Waals surface area contributed by atoms with Crippen LogP contribution >= 0.6 is 11.8 Å². The zero-order valence-electron chi connectivity index (χ0n) is 7.83. The highest BCUT2D eigenvalue weighted by molar-refractivity contribution is 8.12. The molecule has 4 heteroatoms. The number of hydrogen-bond donors (Lipinski definition) is 0. The quantitative estimate of drug-likeness (QED) is 0.690. The molecule has 0 spiro atoms. The van der Waals surface area contributed by atoms with Crippen molar-refractivity contribution in [1.29, 1.82) is 0 Å². The molecule has 1 aliphatic heterocycles. The standard InChI is InChI=1S/C8H16O2S2/c1-8(2,10-3)7-11-5-4-6-12(7)9/h7H,4-6H2,1-3H3. The Balaban J connectivity index is 2.65. The fraction of sp³-hybridized carbons (Fsp3) is 1.00. The Morgan fingerprint density at radius 3 is 2.75 bits per heavy atom. The lowest BCUT2D eigenvalue weighted by Gasteiger charge is -2.34. The summed E-state index contributed by atoms with van der Waals surface area (Å²) >= 11 is 1.78. The van der Waals surface area contributed by atoms with E-state index in [4.69, 9.17) is 4.74 Å². The molecule has 0 aromatic heterocycles. The summed E-state index contributed by atoms with van der Waals surface area (Å²) < 4.78 is 17.1. The van der Waals surface area contributed by atoms with Gasteiger partial charge < -0.3 is 4.74 Å². The summed E-state index contributed by atoms with van der Waals surface area (Å²) in [6, 6.07) is 0. The first-order chi connectivity index (χ1) is 5.58. The van der Waals surface area contributed by atoms with E-state index >= 15 is 0 Å². The molecule has 0 bridgehead atoms. The van der Waals surface area contributed by atoms with Crippen molar-refractivity contribution in [2.24, 2.45) is 0 Å². The van der Waals surface area contributed by atoms with Gasteiger partial charge in [0.1, 0.15) is 4.58 Å². The van der Waals surface area contributed by atoms with Crippen LogP contribution in [0.15, 0.2) is 0 Å². The number of ether oxygens (including phenoxy) is 1. The predicted molar refractivity (Wildman–Crippen MR) is 55.0 cm³/mol. The maximum absolute atomic E-state index is 11.6. The smallest absolute Gasteiger partial charge is 0.108 e. The fourth-order valence-electron chi connectivity index (χ4n) is 1.19. The lowest BCUT2D eigenvalue weighted by atomic mass is 10.2. The van der Waals surface area contributed by atoms with Crippen molar-refractivity contribution in [3.8, 4) is 0 Å². The Hall–Kier alpha value is 0.460. The van der Waals surface area contributed by atoms with Gasteiger partial charge in [-0.15, -0.1) is 11.8 Å². The van der Waals surface area contributed by atoms with Gasteiger partial charge in [0.15, 0.2) is 0 Å². The van der Waals surface area contributed by atoms with E-state index in [-0.39, 0.29) is 10.2 Å². The Bertz CT molecular complexity index is 180. The van der Waals surface area contributed by atoms with Gasteiger partial charge in [-0.2, -0.15) is 0 Å². The normalized spacial score (nSPS) is 31.9. The molecule has 2 unspecified atom stereocenters. The van der Waals surface area contributed by atoms with Crippen molar-refractivity contribution in [1.82, 2.24) is 0 Å². The van der Waals surface area contributed by atoms with E-state index in [1.165, 1.54) is 0 Å². The van der Waals surface area contributed by atoms with Crippen LogP contribution in [0.3, 0.4) is 0 Å². The van der Waals surface area contributed by atoms with Gasteiger partial charge in [-0.1, -0.05) is 0 Å². The van der Waals surface area contributed by atoms with Crippen LogP contribution in [0, 0.1) is 0 Å². The Labute approximate surface area is 80.9 Å². The van der Waals surface area contributed by atoms with E-state index < -0.39 is 10.8 Å². The van der Waals surface area contributed by atoms with Crippen molar-refractivity contribution in [3.63, 3.8) is 0 Å². The summed E-state index contributed by atoms with van der Waals surface area (Å²) in [5, 5.41) is 0. The molecular formula is C8H16O2S2. The highest BCUT2D eigenvalue weighted by atomic mass is 32.2. The second kappa shape index (κ2) is 4.11. The van der Waals surface area contributed by atoms with Crippen LogP contribution in [-0.2, 0) is 15.5 Å². The maximum atomic E-state index is 11.6. The average molecular weight is 208 g/mol. The summed E-state index contributed by atoms with van der Waals surface area (Å²) in [5.41, 5.74) is -0.254. The lowest BCUT2D eigenvalue weighted by molar-refractivity contribution is 0.0364. The van der Waals surface area contributed by atoms with Gasteiger partial charge in [-0.25, -0.2) is 0 Å². The molecule has 0 aromatic rings. The highest BCUT2D eigenvalue weighted by Crippen LogP contribution is 2.32. The molecular weight excluding hydrogens is 192 g/mol. The van der Waals surface area contributed by atoms with E-state index in [0.717, 1.165) is 17.9 Å². The molecule has 0 N–H and O–H groups in total. The summed E-state index contributed by atoms with van der Waals surface area (Å²) in [4.78, 5) is 0. The molecule has 0 amide bonds. The van der Waals surface area contributed by atoms with Crippen molar-refractivity contribution in [3.05, 3.63) is 0 Å². The van der Waals surface area contributed by atoms with E-state index in [9.17, 15) is 4.21 Å². The van der Waals surface area contributed by atoms with Crippen LogP contribution < -0.4 is 0 Å². The molecule has 0 saturated carbocycles. The molecule has 1 aliphatic rings. The van der Waals surface area contributed by atoms with Crippen molar-refractivity contribution in [2.45, 2.75) is 30.5 Å². The summed E-state index contributed by atoms with van der Waals surface area (Å²) in [7, 11) is 0.978. The highest BCUT2D eigenvalue weighted by Gasteiger charge is 2.36. The minimum absolute atomic E-state index is 0.149. The van der Waals surface area contributed by atoms with Crippen LogP contribution in [0.25, 0.3) is 0 Å². The predicted octanol–water partition coefficient (Wildman–Crippen LogP) is 1.62. The molecule has 0 aromatic carbocycles. The van der Waals surface area contributed by atoms with Crippen molar-refractivity contribution in [2.75, 3.05) is 18.6 Å². The van der Waals surface area contributed by atoms with Gasteiger partial charge in [0.05, 0.1) is 5.60 Å². The zero-order chi connectivity index (χ0) is 9.19. The number of thioether (sulfide) groups is 1. The minimum atomic E-state index is -0.709. The fourth-order valence-corrected chi connectivity index (χ4v) is 4.95. The van der Waals surface area contributed by atoms with Crippen molar-refractivity contribution >= 4 is 22.6 Å². The maximum Gasteiger partial charge on any atom is 0.108 e. The van der Waals surface area contributed by atoms with Gasteiger partial charge in [-0.05, 0) is 26.0 Å². The van der Waals surface area contributed by atoms with E-state index in [1.54, 1.807) is 18.9 Å². The summed E-state index contributed by atoms with van der Waals surface area (Å²) in [5.74, 6) is 1.95. The second-order valence-electron chi connectivity index (χ2n) is 3.45. The number of hydrogen-bond acceptors (Lipinski definition) is 3. The first-order valence-corrected chi connectivity index (χ1v) is 6.55. The molecule has 72 valence electrons. The van der Waals surface area contributed by atoms with Gasteiger partial charge in [0.25, 0.3) is 0 Å². The third-order valence-electron chi connectivity index (χ3n) is 2.09. The molecule has 2 nitrogen and oxygen atoms in total. The van der Waals surface area contributed by atoms with E-state index in [1.807, 2.05) is 13.8 Å². The van der Waals surface area contributed by atoms with Crippen LogP contribution in [0.1, 0.15) is 20.3 Å². The van der Waals surface area contributed by atoms with Gasteiger partial charge in [0, 0.05) is 23.7 Å². The number of rotatable bonds is 2. The third-order valence-corrected chi connectivity index (χ3v) is 6.27. The first kappa shape index (κ1) is 10.5.